The molecule has 0 saturated carbocycles. The molecule has 0 spiro atoms. The Hall–Kier alpha value is -1.45. The highest BCUT2D eigenvalue weighted by atomic mass is 16.2. The molecule has 1 heterocycles. The lowest BCUT2D eigenvalue weighted by atomic mass is 10.5. The van der Waals surface area contributed by atoms with Gasteiger partial charge < -0.3 is 4.90 Å². The number of nitrogens with zero attached hydrogens (tertiary/aromatic N) is 3. The summed E-state index contributed by atoms with van der Waals surface area (Å²) in [5, 5.41) is 0. The van der Waals surface area contributed by atoms with E-state index in [9.17, 15) is 4.79 Å². The lowest BCUT2D eigenvalue weighted by molar-refractivity contribution is 0.0816. The van der Waals surface area contributed by atoms with Crippen LogP contribution in [0.3, 0.4) is 0 Å². The minimum atomic E-state index is -0.175. The average molecular weight is 151 g/mol. The van der Waals surface area contributed by atoms with E-state index in [2.05, 4.69) is 9.97 Å². The van der Waals surface area contributed by atoms with Crippen LogP contribution in [0.5, 0.6) is 0 Å². The summed E-state index contributed by atoms with van der Waals surface area (Å²) in [4.78, 5) is 20.2. The quantitative estimate of drug-likeness (QED) is 0.575. The second kappa shape index (κ2) is 3.09. The molecule has 0 fully saturated rings. The summed E-state index contributed by atoms with van der Waals surface area (Å²) in [5.74, 6) is 0.0584. The van der Waals surface area contributed by atoms with Crippen molar-refractivity contribution >= 4 is 5.91 Å². The molecular weight excluding hydrogens is 142 g/mol. The molecule has 1 amide bonds. The van der Waals surface area contributed by atoms with Crippen LogP contribution in [0.25, 0.3) is 0 Å². The van der Waals surface area contributed by atoms with Crippen molar-refractivity contribution in [1.82, 2.24) is 14.9 Å². The summed E-state index contributed by atoms with van der Waals surface area (Å²) >= 11 is 0. The van der Waals surface area contributed by atoms with Gasteiger partial charge in [0.2, 0.25) is 5.82 Å². The Bertz CT molecular complexity index is 245. The smallest absolute Gasteiger partial charge is 0.291 e. The van der Waals surface area contributed by atoms with Gasteiger partial charge in [-0.25, -0.2) is 9.97 Å². The van der Waals surface area contributed by atoms with Gasteiger partial charge in [-0.1, -0.05) is 0 Å². The number of hydrogen-bond acceptors (Lipinski definition) is 3. The first-order valence-electron chi connectivity index (χ1n) is 3.20. The summed E-state index contributed by atoms with van der Waals surface area (Å²) in [6.45, 7) is 0. The third-order valence-electron chi connectivity index (χ3n) is 1.16. The SMILES string of the molecule is CN(C)C(=O)c1ncccn1. The standard InChI is InChI=1S/C7H9N3O/c1-10(2)7(11)6-8-4-3-5-9-6/h3-5H,1-2H3. The predicted molar refractivity (Wildman–Crippen MR) is 40.0 cm³/mol. The van der Waals surface area contributed by atoms with Crippen LogP contribution < -0.4 is 0 Å². The van der Waals surface area contributed by atoms with E-state index in [4.69, 9.17) is 0 Å². The van der Waals surface area contributed by atoms with Crippen molar-refractivity contribution < 1.29 is 4.79 Å². The Balaban J connectivity index is 2.86. The van der Waals surface area contributed by atoms with Gasteiger partial charge >= 0.3 is 0 Å². The Morgan fingerprint density at radius 1 is 1.36 bits per heavy atom. The van der Waals surface area contributed by atoms with E-state index in [0.717, 1.165) is 0 Å². The second-order valence-electron chi connectivity index (χ2n) is 2.27. The zero-order chi connectivity index (χ0) is 8.27. The number of carbonyl (C=O) groups is 1. The molecule has 1 rings (SSSR count). The van der Waals surface area contributed by atoms with Crippen molar-refractivity contribution in [3.63, 3.8) is 0 Å². The summed E-state index contributed by atoms with van der Waals surface area (Å²) in [7, 11) is 3.33. The van der Waals surface area contributed by atoms with Crippen LogP contribution in [0.4, 0.5) is 0 Å². The van der Waals surface area contributed by atoms with E-state index < -0.39 is 0 Å². The molecule has 0 atom stereocenters. The van der Waals surface area contributed by atoms with Gasteiger partial charge in [-0.05, 0) is 6.07 Å². The third-order valence-corrected chi connectivity index (χ3v) is 1.16. The fraction of sp³-hybridized carbons (Fsp3) is 0.286. The molecule has 11 heavy (non-hydrogen) atoms. The van der Waals surface area contributed by atoms with Crippen LogP contribution in [0.2, 0.25) is 0 Å². The maximum atomic E-state index is 11.1. The van der Waals surface area contributed by atoms with Crippen molar-refractivity contribution in [2.24, 2.45) is 0 Å². The van der Waals surface area contributed by atoms with Gasteiger partial charge in [0, 0.05) is 26.5 Å². The molecule has 1 aromatic rings. The molecule has 0 aliphatic rings. The third kappa shape index (κ3) is 1.73. The van der Waals surface area contributed by atoms with E-state index in [1.54, 1.807) is 32.6 Å². The molecule has 0 aliphatic carbocycles. The monoisotopic (exact) mass is 151 g/mol. The second-order valence-corrected chi connectivity index (χ2v) is 2.27. The van der Waals surface area contributed by atoms with Gasteiger partial charge in [0.05, 0.1) is 0 Å². The predicted octanol–water partition coefficient (Wildman–Crippen LogP) is 0.178. The molecule has 0 bridgehead atoms. The van der Waals surface area contributed by atoms with E-state index in [1.165, 1.54) is 4.90 Å². The highest BCUT2D eigenvalue weighted by Gasteiger charge is 2.08. The minimum absolute atomic E-state index is 0.175. The molecule has 0 aromatic carbocycles. The lowest BCUT2D eigenvalue weighted by Gasteiger charge is -2.06. The number of hydrogen-bond donors (Lipinski definition) is 0. The van der Waals surface area contributed by atoms with Crippen molar-refractivity contribution in [3.8, 4) is 0 Å². The molecular formula is C7H9N3O. The first-order chi connectivity index (χ1) is 5.22. The largest absolute Gasteiger partial charge is 0.342 e. The minimum Gasteiger partial charge on any atom is -0.342 e. The molecule has 0 saturated heterocycles. The molecule has 0 N–H and O–H groups in total. The Morgan fingerprint density at radius 2 is 1.91 bits per heavy atom. The van der Waals surface area contributed by atoms with Crippen LogP contribution in [-0.2, 0) is 0 Å². The molecule has 58 valence electrons. The van der Waals surface area contributed by atoms with Crippen LogP contribution in [0, 0.1) is 0 Å². The van der Waals surface area contributed by atoms with Crippen molar-refractivity contribution in [2.75, 3.05) is 14.1 Å². The number of rotatable bonds is 1. The lowest BCUT2D eigenvalue weighted by Crippen LogP contribution is -2.23. The number of aromatic nitrogens is 2. The van der Waals surface area contributed by atoms with E-state index in [-0.39, 0.29) is 11.7 Å². The highest BCUT2D eigenvalue weighted by molar-refractivity contribution is 5.89. The van der Waals surface area contributed by atoms with Crippen molar-refractivity contribution in [1.29, 1.82) is 0 Å². The molecule has 0 aliphatic heterocycles. The molecule has 4 heteroatoms. The maximum absolute atomic E-state index is 11.1. The van der Waals surface area contributed by atoms with Crippen LogP contribution in [0.15, 0.2) is 18.5 Å². The summed E-state index contributed by atoms with van der Waals surface area (Å²) in [5.41, 5.74) is 0. The number of amides is 1. The Kier molecular flexibility index (Phi) is 2.15. The van der Waals surface area contributed by atoms with Crippen LogP contribution in [0.1, 0.15) is 10.6 Å². The van der Waals surface area contributed by atoms with E-state index in [1.807, 2.05) is 0 Å². The van der Waals surface area contributed by atoms with Gasteiger partial charge in [-0.3, -0.25) is 4.79 Å². The normalized spacial score (nSPS) is 9.27. The molecule has 0 radical (unpaired) electrons. The molecule has 4 nitrogen and oxygen atoms in total. The topological polar surface area (TPSA) is 46.1 Å². The van der Waals surface area contributed by atoms with E-state index >= 15 is 0 Å². The van der Waals surface area contributed by atoms with Gasteiger partial charge in [0.1, 0.15) is 0 Å². The van der Waals surface area contributed by atoms with Gasteiger partial charge in [0.15, 0.2) is 0 Å². The highest BCUT2D eigenvalue weighted by Crippen LogP contribution is 1.91. The van der Waals surface area contributed by atoms with Crippen LogP contribution >= 0.6 is 0 Å². The Morgan fingerprint density at radius 3 is 2.36 bits per heavy atom. The summed E-state index contributed by atoms with van der Waals surface area (Å²) in [6, 6.07) is 1.67. The molecule has 0 unspecified atom stereocenters. The van der Waals surface area contributed by atoms with Gasteiger partial charge in [-0.2, -0.15) is 0 Å². The fourth-order valence-corrected chi connectivity index (χ4v) is 0.610. The first kappa shape index (κ1) is 7.65. The van der Waals surface area contributed by atoms with Gasteiger partial charge in [-0.15, -0.1) is 0 Å². The fourth-order valence-electron chi connectivity index (χ4n) is 0.610. The maximum Gasteiger partial charge on any atom is 0.291 e. The average Bonchev–Trinajstić information content (AvgIpc) is 2.05. The number of carbonyl (C=O) groups excluding carboxylic acids is 1. The zero-order valence-electron chi connectivity index (χ0n) is 6.48. The van der Waals surface area contributed by atoms with Gasteiger partial charge in [0.25, 0.3) is 5.91 Å². The van der Waals surface area contributed by atoms with E-state index in [0.29, 0.717) is 0 Å². The first-order valence-corrected chi connectivity index (χ1v) is 3.20. The van der Waals surface area contributed by atoms with Crippen molar-refractivity contribution in [2.45, 2.75) is 0 Å². The summed E-state index contributed by atoms with van der Waals surface area (Å²) < 4.78 is 0. The van der Waals surface area contributed by atoms with Crippen molar-refractivity contribution in [3.05, 3.63) is 24.3 Å². The summed E-state index contributed by atoms with van der Waals surface area (Å²) in [6.07, 6.45) is 3.09. The Labute approximate surface area is 64.9 Å². The zero-order valence-corrected chi connectivity index (χ0v) is 6.48. The molecule has 1 aromatic heterocycles. The van der Waals surface area contributed by atoms with Crippen LogP contribution in [-0.4, -0.2) is 34.9 Å².